The van der Waals surface area contributed by atoms with Gasteiger partial charge < -0.3 is 9.47 Å². The molecule has 0 bridgehead atoms. The third-order valence-electron chi connectivity index (χ3n) is 5.52. The number of benzene rings is 3. The van der Waals surface area contributed by atoms with Crippen LogP contribution in [0.3, 0.4) is 0 Å². The van der Waals surface area contributed by atoms with Gasteiger partial charge >= 0.3 is 0 Å². The summed E-state index contributed by atoms with van der Waals surface area (Å²) in [7, 11) is 1.63. The second kappa shape index (κ2) is 7.18. The number of rotatable bonds is 4. The molecule has 0 saturated carbocycles. The number of nitrogens with zero attached hydrogens (tertiary/aromatic N) is 3. The molecule has 3 aromatic carbocycles. The number of hydrazone groups is 1. The standard InChI is InChI=1S/C23H19N3O4/c1-29-16-12-10-15(11-13-16)19-14-21-17-6-3-5-9-22(17)30-23(25(21)24-19)18-7-2-4-8-20(18)26(27)28/h2-13,21,23H,14H2,1H3/t21-,23+/m1/s1. The maximum atomic E-state index is 11.6. The number of ether oxygens (including phenoxy) is 2. The molecule has 150 valence electrons. The highest BCUT2D eigenvalue weighted by Crippen LogP contribution is 2.48. The first-order chi connectivity index (χ1) is 14.7. The highest BCUT2D eigenvalue weighted by Gasteiger charge is 2.42. The third-order valence-corrected chi connectivity index (χ3v) is 5.52. The summed E-state index contributed by atoms with van der Waals surface area (Å²) in [5.74, 6) is 1.51. The lowest BCUT2D eigenvalue weighted by molar-refractivity contribution is -0.386. The Morgan fingerprint density at radius 1 is 1.03 bits per heavy atom. The van der Waals surface area contributed by atoms with E-state index < -0.39 is 6.23 Å². The predicted octanol–water partition coefficient (Wildman–Crippen LogP) is 4.85. The molecule has 0 radical (unpaired) electrons. The summed E-state index contributed by atoms with van der Waals surface area (Å²) < 4.78 is 11.5. The number of fused-ring (bicyclic) bond motifs is 3. The lowest BCUT2D eigenvalue weighted by atomic mass is 9.95. The van der Waals surface area contributed by atoms with Crippen LogP contribution in [0.15, 0.2) is 77.9 Å². The average Bonchev–Trinajstić information content (AvgIpc) is 3.24. The fourth-order valence-electron chi connectivity index (χ4n) is 4.06. The Morgan fingerprint density at radius 2 is 1.73 bits per heavy atom. The summed E-state index contributed by atoms with van der Waals surface area (Å²) in [6, 6.07) is 22.2. The Morgan fingerprint density at radius 3 is 2.47 bits per heavy atom. The number of nitro groups is 1. The Hall–Kier alpha value is -3.87. The Kier molecular flexibility index (Phi) is 4.35. The van der Waals surface area contributed by atoms with Crippen LogP contribution in [-0.4, -0.2) is 22.8 Å². The van der Waals surface area contributed by atoms with Crippen molar-refractivity contribution in [2.75, 3.05) is 7.11 Å². The number of nitro benzene ring substituents is 1. The zero-order valence-corrected chi connectivity index (χ0v) is 16.3. The number of hydrogen-bond acceptors (Lipinski definition) is 6. The van der Waals surface area contributed by atoms with Crippen LogP contribution in [0.1, 0.15) is 35.4 Å². The Balaban J connectivity index is 1.60. The van der Waals surface area contributed by atoms with Crippen molar-refractivity contribution in [2.24, 2.45) is 5.10 Å². The van der Waals surface area contributed by atoms with Gasteiger partial charge in [-0.3, -0.25) is 10.1 Å². The molecule has 0 spiro atoms. The summed E-state index contributed by atoms with van der Waals surface area (Å²) in [6.07, 6.45) is 0.00588. The molecule has 2 aliphatic heterocycles. The molecular weight excluding hydrogens is 382 g/mol. The zero-order chi connectivity index (χ0) is 20.7. The molecule has 7 heteroatoms. The van der Waals surface area contributed by atoms with Gasteiger partial charge in [-0.25, -0.2) is 5.01 Å². The van der Waals surface area contributed by atoms with Crippen LogP contribution < -0.4 is 9.47 Å². The zero-order valence-electron chi connectivity index (χ0n) is 16.3. The fraction of sp³-hybridized carbons (Fsp3) is 0.174. The Labute approximate surface area is 173 Å². The van der Waals surface area contributed by atoms with Crippen LogP contribution in [0, 0.1) is 10.1 Å². The number of methoxy groups -OCH3 is 1. The molecule has 2 heterocycles. The molecule has 0 aromatic heterocycles. The fourth-order valence-corrected chi connectivity index (χ4v) is 4.06. The molecule has 5 rings (SSSR count). The van der Waals surface area contributed by atoms with Gasteiger partial charge in [0.05, 0.1) is 29.4 Å². The molecule has 30 heavy (non-hydrogen) atoms. The molecule has 2 aliphatic rings. The van der Waals surface area contributed by atoms with Crippen molar-refractivity contribution in [1.82, 2.24) is 5.01 Å². The van der Waals surface area contributed by atoms with Crippen LogP contribution in [0.2, 0.25) is 0 Å². The quantitative estimate of drug-likeness (QED) is 0.462. The van der Waals surface area contributed by atoms with E-state index in [0.29, 0.717) is 12.0 Å². The second-order valence-corrected chi connectivity index (χ2v) is 7.20. The molecule has 0 N–H and O–H groups in total. The van der Waals surface area contributed by atoms with Crippen molar-refractivity contribution in [2.45, 2.75) is 18.7 Å². The van der Waals surface area contributed by atoms with Crippen molar-refractivity contribution in [3.05, 3.63) is 99.6 Å². The summed E-state index contributed by atoms with van der Waals surface area (Å²) in [5, 5.41) is 18.3. The highest BCUT2D eigenvalue weighted by molar-refractivity contribution is 6.02. The number of hydrogen-bond donors (Lipinski definition) is 0. The predicted molar refractivity (Wildman–Crippen MR) is 112 cm³/mol. The maximum absolute atomic E-state index is 11.6. The van der Waals surface area contributed by atoms with Gasteiger partial charge in [0.2, 0.25) is 6.23 Å². The van der Waals surface area contributed by atoms with Crippen molar-refractivity contribution >= 4 is 11.4 Å². The average molecular weight is 401 g/mol. The van der Waals surface area contributed by atoms with Crippen molar-refractivity contribution < 1.29 is 14.4 Å². The molecule has 2 atom stereocenters. The smallest absolute Gasteiger partial charge is 0.278 e. The van der Waals surface area contributed by atoms with Gasteiger partial charge in [0.25, 0.3) is 5.69 Å². The van der Waals surface area contributed by atoms with E-state index in [0.717, 1.165) is 28.3 Å². The van der Waals surface area contributed by atoms with Gasteiger partial charge in [-0.1, -0.05) is 30.3 Å². The van der Waals surface area contributed by atoms with E-state index in [1.807, 2.05) is 53.5 Å². The summed E-state index contributed by atoms with van der Waals surface area (Å²) in [6.45, 7) is 0. The lowest BCUT2D eigenvalue weighted by Crippen LogP contribution is -2.34. The van der Waals surface area contributed by atoms with E-state index in [-0.39, 0.29) is 16.7 Å². The van der Waals surface area contributed by atoms with E-state index in [4.69, 9.17) is 14.6 Å². The first-order valence-electron chi connectivity index (χ1n) is 9.65. The summed E-state index contributed by atoms with van der Waals surface area (Å²) in [5.41, 5.74) is 3.44. The van der Waals surface area contributed by atoms with E-state index in [2.05, 4.69) is 0 Å². The van der Waals surface area contributed by atoms with Crippen LogP contribution >= 0.6 is 0 Å². The largest absolute Gasteiger partial charge is 0.497 e. The van der Waals surface area contributed by atoms with Gasteiger partial charge in [-0.2, -0.15) is 5.10 Å². The van der Waals surface area contributed by atoms with Crippen LogP contribution in [0.25, 0.3) is 0 Å². The molecule has 0 amide bonds. The van der Waals surface area contributed by atoms with Crippen LogP contribution in [0.4, 0.5) is 5.69 Å². The normalized spacial score (nSPS) is 19.4. The molecule has 0 unspecified atom stereocenters. The maximum Gasteiger partial charge on any atom is 0.278 e. The first-order valence-corrected chi connectivity index (χ1v) is 9.65. The van der Waals surface area contributed by atoms with E-state index in [1.54, 1.807) is 25.3 Å². The third kappa shape index (κ3) is 2.95. The number of para-hydroxylation sites is 2. The Bertz CT molecular complexity index is 1140. The van der Waals surface area contributed by atoms with E-state index >= 15 is 0 Å². The molecule has 0 saturated heterocycles. The highest BCUT2D eigenvalue weighted by atomic mass is 16.6. The SMILES string of the molecule is COc1ccc(C2=NN3[C@H](C2)c2ccccc2O[C@H]3c2ccccc2[N+](=O)[O-])cc1. The van der Waals surface area contributed by atoms with E-state index in [9.17, 15) is 10.1 Å². The molecule has 0 aliphatic carbocycles. The summed E-state index contributed by atoms with van der Waals surface area (Å²) >= 11 is 0. The van der Waals surface area contributed by atoms with Gasteiger partial charge in [-0.05, 0) is 42.0 Å². The minimum Gasteiger partial charge on any atom is -0.497 e. The second-order valence-electron chi connectivity index (χ2n) is 7.20. The minimum absolute atomic E-state index is 0.0220. The van der Waals surface area contributed by atoms with Gasteiger partial charge in [0, 0.05) is 18.1 Å². The van der Waals surface area contributed by atoms with Crippen molar-refractivity contribution in [3.63, 3.8) is 0 Å². The monoisotopic (exact) mass is 401 g/mol. The van der Waals surface area contributed by atoms with Gasteiger partial charge in [0.1, 0.15) is 11.5 Å². The molecule has 7 nitrogen and oxygen atoms in total. The lowest BCUT2D eigenvalue weighted by Gasteiger charge is -2.37. The van der Waals surface area contributed by atoms with Gasteiger partial charge in [0.15, 0.2) is 0 Å². The van der Waals surface area contributed by atoms with Crippen LogP contribution in [0.5, 0.6) is 11.5 Å². The van der Waals surface area contributed by atoms with Crippen LogP contribution in [-0.2, 0) is 0 Å². The molecular formula is C23H19N3O4. The molecule has 3 aromatic rings. The molecule has 0 fully saturated rings. The summed E-state index contributed by atoms with van der Waals surface area (Å²) in [4.78, 5) is 11.3. The van der Waals surface area contributed by atoms with Crippen molar-refractivity contribution in [1.29, 1.82) is 0 Å². The first kappa shape index (κ1) is 18.2. The van der Waals surface area contributed by atoms with Crippen molar-refractivity contribution in [3.8, 4) is 11.5 Å². The topological polar surface area (TPSA) is 77.2 Å². The van der Waals surface area contributed by atoms with Gasteiger partial charge in [-0.15, -0.1) is 0 Å². The van der Waals surface area contributed by atoms with E-state index in [1.165, 1.54) is 6.07 Å². The minimum atomic E-state index is -0.678.